The second-order valence-electron chi connectivity index (χ2n) is 12.9. The van der Waals surface area contributed by atoms with E-state index in [4.69, 9.17) is 21.1 Å². The van der Waals surface area contributed by atoms with Crippen molar-refractivity contribution in [1.82, 2.24) is 19.9 Å². The molecule has 0 atom stereocenters. The van der Waals surface area contributed by atoms with Crippen molar-refractivity contribution in [3.05, 3.63) is 94.1 Å². The molecule has 6 heteroatoms. The van der Waals surface area contributed by atoms with Crippen molar-refractivity contribution in [1.29, 1.82) is 0 Å². The third-order valence-corrected chi connectivity index (χ3v) is 8.32. The number of nitrogens with zero attached hydrogens (tertiary/aromatic N) is 3. The summed E-state index contributed by atoms with van der Waals surface area (Å²) in [7, 11) is 5.76. The second-order valence-corrected chi connectivity index (χ2v) is 12.9. The third kappa shape index (κ3) is 5.38. The molecule has 6 nitrogen and oxygen atoms in total. The molecule has 0 spiro atoms. The lowest BCUT2D eigenvalue weighted by Gasteiger charge is -2.16. The van der Waals surface area contributed by atoms with E-state index in [2.05, 4.69) is 96.7 Å². The van der Waals surface area contributed by atoms with E-state index in [0.717, 1.165) is 80.1 Å². The van der Waals surface area contributed by atoms with Crippen molar-refractivity contribution >= 4 is 27.8 Å². The number of aromatic nitrogens is 4. The van der Waals surface area contributed by atoms with Crippen LogP contribution in [0.3, 0.4) is 0 Å². The van der Waals surface area contributed by atoms with Crippen LogP contribution in [-0.4, -0.2) is 41.1 Å². The number of anilines is 1. The van der Waals surface area contributed by atoms with E-state index in [0.29, 0.717) is 5.75 Å². The molecule has 5 heterocycles. The Morgan fingerprint density at radius 3 is 2.14 bits per heavy atom. The van der Waals surface area contributed by atoms with Gasteiger partial charge < -0.3 is 19.6 Å². The van der Waals surface area contributed by atoms with Crippen LogP contribution in [0.1, 0.15) is 67.2 Å². The summed E-state index contributed by atoms with van der Waals surface area (Å²) in [5.74, 6) is 10.3. The van der Waals surface area contributed by atoms with E-state index < -0.39 is 0 Å². The predicted octanol–water partition coefficient (Wildman–Crippen LogP) is 6.81. The molecule has 8 bridgehead atoms. The third-order valence-electron chi connectivity index (χ3n) is 8.32. The average molecular weight is 568 g/mol. The monoisotopic (exact) mass is 567 g/mol. The molecular formula is C37H37N5O. The smallest absolute Gasteiger partial charge is 0.165 e. The van der Waals surface area contributed by atoms with E-state index in [1.807, 2.05) is 32.3 Å². The number of ether oxygens (including phenoxy) is 1. The van der Waals surface area contributed by atoms with Crippen molar-refractivity contribution in [2.24, 2.45) is 0 Å². The van der Waals surface area contributed by atoms with Gasteiger partial charge in [0.25, 0.3) is 0 Å². The standard InChI is InChI=1S/C37H37N5O/c1-9-24-16-26-19-33-37(4,5)22-31(41-33)35(43-8)34-25(13-10-23-11-14-29(15-12-23)42(6)7)17-27(40-34)20-32-36(2,3)21-28(39-32)18-30(24)38-26/h1,11-12,14-20,38,40H,21-22H2,2-8H3. The number of aromatic amines is 2. The number of methoxy groups -OCH3 is 1. The van der Waals surface area contributed by atoms with E-state index in [1.165, 1.54) is 0 Å². The number of terminal acetylenes is 1. The van der Waals surface area contributed by atoms with Crippen molar-refractivity contribution < 1.29 is 4.74 Å². The lowest BCUT2D eigenvalue weighted by atomic mass is 9.87. The number of H-pyrrole nitrogens is 2. The zero-order valence-corrected chi connectivity index (χ0v) is 25.9. The molecule has 0 radical (unpaired) electrons. The fourth-order valence-electron chi connectivity index (χ4n) is 5.85. The molecule has 2 aliphatic heterocycles. The Labute approximate surface area is 253 Å². The van der Waals surface area contributed by atoms with Crippen LogP contribution in [0.15, 0.2) is 54.6 Å². The molecule has 1 aromatic carbocycles. The quantitative estimate of drug-likeness (QED) is 0.261. The van der Waals surface area contributed by atoms with Gasteiger partial charge in [0.1, 0.15) is 0 Å². The number of benzene rings is 1. The summed E-state index contributed by atoms with van der Waals surface area (Å²) in [4.78, 5) is 19.4. The van der Waals surface area contributed by atoms with Gasteiger partial charge in [-0.15, -0.1) is 6.42 Å². The molecule has 0 fully saturated rings. The predicted molar refractivity (Wildman–Crippen MR) is 176 cm³/mol. The van der Waals surface area contributed by atoms with Gasteiger partial charge in [0.2, 0.25) is 0 Å². The molecule has 0 aliphatic carbocycles. The van der Waals surface area contributed by atoms with Gasteiger partial charge in [-0.05, 0) is 54.6 Å². The van der Waals surface area contributed by atoms with Crippen LogP contribution < -0.4 is 9.64 Å². The molecule has 4 aromatic rings. The summed E-state index contributed by atoms with van der Waals surface area (Å²) >= 11 is 0. The Bertz CT molecular complexity index is 2000. The van der Waals surface area contributed by atoms with Crippen LogP contribution >= 0.6 is 0 Å². The van der Waals surface area contributed by atoms with Gasteiger partial charge in [0.05, 0.1) is 29.4 Å². The minimum Gasteiger partial charge on any atom is -0.493 e. The van der Waals surface area contributed by atoms with E-state index in [9.17, 15) is 0 Å². The lowest BCUT2D eigenvalue weighted by molar-refractivity contribution is 0.409. The van der Waals surface area contributed by atoms with Crippen LogP contribution in [-0.2, 0) is 23.7 Å². The topological polar surface area (TPSA) is 69.8 Å². The maximum atomic E-state index is 6.09. The Morgan fingerprint density at radius 2 is 1.47 bits per heavy atom. The highest BCUT2D eigenvalue weighted by Gasteiger charge is 2.32. The number of rotatable bonds is 2. The van der Waals surface area contributed by atoms with E-state index >= 15 is 0 Å². The van der Waals surface area contributed by atoms with Crippen LogP contribution in [0.4, 0.5) is 5.69 Å². The first-order valence-corrected chi connectivity index (χ1v) is 14.5. The first-order chi connectivity index (χ1) is 20.5. The maximum absolute atomic E-state index is 6.09. The number of nitrogens with one attached hydrogen (secondary N) is 2. The average Bonchev–Trinajstić information content (AvgIpc) is 3.68. The molecule has 6 rings (SSSR count). The highest BCUT2D eigenvalue weighted by molar-refractivity contribution is 5.78. The van der Waals surface area contributed by atoms with Crippen LogP contribution in [0.2, 0.25) is 0 Å². The van der Waals surface area contributed by atoms with Crippen molar-refractivity contribution in [3.63, 3.8) is 0 Å². The van der Waals surface area contributed by atoms with Crippen molar-refractivity contribution in [2.75, 3.05) is 26.1 Å². The summed E-state index contributed by atoms with van der Waals surface area (Å²) in [6.07, 6.45) is 7.43. The summed E-state index contributed by atoms with van der Waals surface area (Å²) < 4.78 is 6.09. The molecule has 0 amide bonds. The Balaban J connectivity index is 1.66. The van der Waals surface area contributed by atoms with Gasteiger partial charge in [-0.25, -0.2) is 0 Å². The van der Waals surface area contributed by atoms with Crippen molar-refractivity contribution in [3.8, 4) is 29.9 Å². The molecule has 43 heavy (non-hydrogen) atoms. The summed E-state index contributed by atoms with van der Waals surface area (Å²) in [6, 6.07) is 18.6. The fourth-order valence-corrected chi connectivity index (χ4v) is 5.85. The Morgan fingerprint density at radius 1 is 0.814 bits per heavy atom. The molecule has 3 aromatic heterocycles. The van der Waals surface area contributed by atoms with Gasteiger partial charge in [-0.3, -0.25) is 9.97 Å². The van der Waals surface area contributed by atoms with Crippen molar-refractivity contribution in [2.45, 2.75) is 51.4 Å². The fraction of sp³-hybridized carbons (Fsp3) is 0.297. The largest absolute Gasteiger partial charge is 0.493 e. The molecule has 0 unspecified atom stereocenters. The maximum Gasteiger partial charge on any atom is 0.165 e. The minimum absolute atomic E-state index is 0.153. The van der Waals surface area contributed by atoms with Gasteiger partial charge >= 0.3 is 0 Å². The molecule has 216 valence electrons. The van der Waals surface area contributed by atoms with E-state index in [1.54, 1.807) is 7.11 Å². The van der Waals surface area contributed by atoms with Gasteiger partial charge in [0, 0.05) is 82.7 Å². The number of hydrogen-bond donors (Lipinski definition) is 2. The molecule has 0 saturated heterocycles. The summed E-state index contributed by atoms with van der Waals surface area (Å²) in [6.45, 7) is 8.84. The first kappa shape index (κ1) is 28.2. The Hall–Kier alpha value is -4.94. The summed E-state index contributed by atoms with van der Waals surface area (Å²) in [5.41, 5.74) is 10.7. The molecule has 0 saturated carbocycles. The summed E-state index contributed by atoms with van der Waals surface area (Å²) in [5, 5.41) is 0. The van der Waals surface area contributed by atoms with Gasteiger partial charge in [0.15, 0.2) is 5.75 Å². The second kappa shape index (κ2) is 10.4. The van der Waals surface area contributed by atoms with Crippen LogP contribution in [0, 0.1) is 24.2 Å². The number of hydrogen-bond acceptors (Lipinski definition) is 4. The Kier molecular flexibility index (Phi) is 6.82. The highest BCUT2D eigenvalue weighted by atomic mass is 16.5. The van der Waals surface area contributed by atoms with Gasteiger partial charge in [-0.1, -0.05) is 45.5 Å². The zero-order chi connectivity index (χ0) is 30.5. The SMILES string of the molecule is C#Cc1cc2cc3nc(c(OC)c4[nH]c(cc5nc(cc1[nH]2)CC5(C)C)cc4C#Cc1ccc(N(C)C)cc1)CC3(C)C. The first-order valence-electron chi connectivity index (χ1n) is 14.5. The highest BCUT2D eigenvalue weighted by Crippen LogP contribution is 2.37. The zero-order valence-electron chi connectivity index (χ0n) is 25.9. The molecule has 2 aliphatic rings. The normalized spacial score (nSPS) is 14.8. The van der Waals surface area contributed by atoms with E-state index in [-0.39, 0.29) is 10.8 Å². The number of fused-ring (bicyclic) bond motifs is 8. The van der Waals surface area contributed by atoms with Crippen LogP contribution in [0.5, 0.6) is 5.75 Å². The van der Waals surface area contributed by atoms with Crippen LogP contribution in [0.25, 0.3) is 22.1 Å². The lowest BCUT2D eigenvalue weighted by Crippen LogP contribution is -2.15. The van der Waals surface area contributed by atoms with Gasteiger partial charge in [-0.2, -0.15) is 0 Å². The molecular weight excluding hydrogens is 530 g/mol. The molecule has 2 N–H and O–H groups in total. The minimum atomic E-state index is -0.205.